The van der Waals surface area contributed by atoms with Crippen molar-refractivity contribution in [1.29, 1.82) is 0 Å². The van der Waals surface area contributed by atoms with Crippen molar-refractivity contribution in [2.24, 2.45) is 0 Å². The van der Waals surface area contributed by atoms with Gasteiger partial charge in [-0.2, -0.15) is 0 Å². The fraction of sp³-hybridized carbons (Fsp3) is 0.353. The van der Waals surface area contributed by atoms with E-state index in [0.717, 1.165) is 27.3 Å². The lowest BCUT2D eigenvalue weighted by Gasteiger charge is -2.20. The molecule has 0 fully saturated rings. The van der Waals surface area contributed by atoms with Crippen molar-refractivity contribution in [1.82, 2.24) is 5.32 Å². The van der Waals surface area contributed by atoms with Crippen LogP contribution in [-0.4, -0.2) is 24.9 Å². The zero-order valence-electron chi connectivity index (χ0n) is 13.2. The van der Waals surface area contributed by atoms with Crippen LogP contribution in [0.5, 0.6) is 11.5 Å². The Balaban J connectivity index is 1.50. The second-order valence-electron chi connectivity index (χ2n) is 5.38. The first-order valence-corrected chi connectivity index (χ1v) is 9.57. The number of ether oxygens (including phenoxy) is 2. The number of benzene rings is 1. The highest BCUT2D eigenvalue weighted by atomic mass is 79.9. The largest absolute Gasteiger partial charge is 0.486 e. The first-order chi connectivity index (χ1) is 11.6. The van der Waals surface area contributed by atoms with Crippen LogP contribution in [-0.2, 0) is 10.5 Å². The standard InChI is InChI=1S/C17H18BrNO4S/c1-11(14-3-2-4-21-14)19-17(20)10-24-9-12-7-15-16(8-13(12)18)23-6-5-22-15/h2-4,7-8,11H,5-6,9-10H2,1H3,(H,19,20). The van der Waals surface area contributed by atoms with E-state index < -0.39 is 0 Å². The summed E-state index contributed by atoms with van der Waals surface area (Å²) in [5, 5.41) is 2.92. The van der Waals surface area contributed by atoms with Crippen LogP contribution < -0.4 is 14.8 Å². The van der Waals surface area contributed by atoms with E-state index in [4.69, 9.17) is 13.9 Å². The van der Waals surface area contributed by atoms with Crippen molar-refractivity contribution in [3.05, 3.63) is 46.3 Å². The minimum atomic E-state index is -0.130. The lowest BCUT2D eigenvalue weighted by molar-refractivity contribution is -0.119. The van der Waals surface area contributed by atoms with Crippen LogP contribution in [0.4, 0.5) is 0 Å². The van der Waals surface area contributed by atoms with Crippen molar-refractivity contribution in [3.8, 4) is 11.5 Å². The van der Waals surface area contributed by atoms with Crippen LogP contribution in [0, 0.1) is 0 Å². The molecule has 0 saturated heterocycles. The molecule has 1 aliphatic heterocycles. The molecular formula is C17H18BrNO4S. The van der Waals surface area contributed by atoms with Crippen LogP contribution in [0.15, 0.2) is 39.4 Å². The number of halogens is 1. The Labute approximate surface area is 153 Å². The smallest absolute Gasteiger partial charge is 0.230 e. The molecule has 128 valence electrons. The Bertz CT molecular complexity index is 705. The Morgan fingerprint density at radius 1 is 1.33 bits per heavy atom. The Hall–Kier alpha value is -1.60. The quantitative estimate of drug-likeness (QED) is 0.780. The molecule has 1 unspecified atom stereocenters. The molecule has 1 aromatic heterocycles. The van der Waals surface area contributed by atoms with Crippen molar-refractivity contribution >= 4 is 33.6 Å². The molecule has 1 atom stereocenters. The van der Waals surface area contributed by atoms with Gasteiger partial charge in [-0.3, -0.25) is 4.79 Å². The summed E-state index contributed by atoms with van der Waals surface area (Å²) in [5.74, 6) is 3.34. The molecule has 24 heavy (non-hydrogen) atoms. The third kappa shape index (κ3) is 4.27. The van der Waals surface area contributed by atoms with Crippen LogP contribution in [0.25, 0.3) is 0 Å². The molecular weight excluding hydrogens is 394 g/mol. The van der Waals surface area contributed by atoms with E-state index in [1.54, 1.807) is 18.0 Å². The minimum absolute atomic E-state index is 0.0161. The van der Waals surface area contributed by atoms with Crippen LogP contribution in [0.3, 0.4) is 0 Å². The topological polar surface area (TPSA) is 60.7 Å². The molecule has 1 amide bonds. The molecule has 2 heterocycles. The second-order valence-corrected chi connectivity index (χ2v) is 7.22. The van der Waals surface area contributed by atoms with E-state index >= 15 is 0 Å². The fourth-order valence-electron chi connectivity index (χ4n) is 2.36. The van der Waals surface area contributed by atoms with E-state index in [9.17, 15) is 4.79 Å². The molecule has 0 aliphatic carbocycles. The van der Waals surface area contributed by atoms with Gasteiger partial charge in [-0.15, -0.1) is 11.8 Å². The maximum absolute atomic E-state index is 12.0. The van der Waals surface area contributed by atoms with Gasteiger partial charge in [0.1, 0.15) is 19.0 Å². The minimum Gasteiger partial charge on any atom is -0.486 e. The molecule has 7 heteroatoms. The van der Waals surface area contributed by atoms with Crippen molar-refractivity contribution in [3.63, 3.8) is 0 Å². The van der Waals surface area contributed by atoms with E-state index in [2.05, 4.69) is 21.2 Å². The predicted octanol–water partition coefficient (Wildman–Crippen LogP) is 3.92. The molecule has 2 aromatic rings. The Morgan fingerprint density at radius 2 is 2.08 bits per heavy atom. The Morgan fingerprint density at radius 3 is 2.79 bits per heavy atom. The molecule has 0 saturated carbocycles. The number of hydrogen-bond donors (Lipinski definition) is 1. The van der Waals surface area contributed by atoms with E-state index in [0.29, 0.717) is 24.7 Å². The molecule has 0 spiro atoms. The Kier molecular flexibility index (Phi) is 5.73. The molecule has 5 nitrogen and oxygen atoms in total. The van der Waals surface area contributed by atoms with Crippen molar-refractivity contribution in [2.45, 2.75) is 18.7 Å². The van der Waals surface area contributed by atoms with Crippen LogP contribution in [0.2, 0.25) is 0 Å². The summed E-state index contributed by atoms with van der Waals surface area (Å²) in [5.41, 5.74) is 1.08. The number of amides is 1. The third-order valence-corrected chi connectivity index (χ3v) is 5.27. The van der Waals surface area contributed by atoms with Crippen LogP contribution in [0.1, 0.15) is 24.3 Å². The number of rotatable bonds is 6. The normalized spacial score (nSPS) is 14.2. The maximum Gasteiger partial charge on any atom is 0.230 e. The van der Waals surface area contributed by atoms with Gasteiger partial charge < -0.3 is 19.2 Å². The summed E-state index contributed by atoms with van der Waals surface area (Å²) in [6, 6.07) is 7.42. The van der Waals surface area contributed by atoms with Crippen molar-refractivity contribution in [2.75, 3.05) is 19.0 Å². The van der Waals surface area contributed by atoms with Gasteiger partial charge in [0.25, 0.3) is 0 Å². The summed E-state index contributed by atoms with van der Waals surface area (Å²) in [7, 11) is 0. The zero-order valence-corrected chi connectivity index (χ0v) is 15.6. The highest BCUT2D eigenvalue weighted by molar-refractivity contribution is 9.10. The van der Waals surface area contributed by atoms with Gasteiger partial charge >= 0.3 is 0 Å². The summed E-state index contributed by atoms with van der Waals surface area (Å²) in [4.78, 5) is 12.0. The van der Waals surface area contributed by atoms with Crippen LogP contribution >= 0.6 is 27.7 Å². The molecule has 1 N–H and O–H groups in total. The zero-order chi connectivity index (χ0) is 16.9. The lowest BCUT2D eigenvalue weighted by atomic mass is 10.2. The molecule has 3 rings (SSSR count). The van der Waals surface area contributed by atoms with Gasteiger partial charge in [-0.25, -0.2) is 0 Å². The van der Waals surface area contributed by atoms with Gasteiger partial charge in [-0.05, 0) is 36.8 Å². The third-order valence-electron chi connectivity index (χ3n) is 3.55. The fourth-order valence-corrected chi connectivity index (χ4v) is 3.84. The summed E-state index contributed by atoms with van der Waals surface area (Å²) < 4.78 is 17.4. The van der Waals surface area contributed by atoms with Gasteiger partial charge in [0.05, 0.1) is 18.1 Å². The van der Waals surface area contributed by atoms with Gasteiger partial charge in [0.15, 0.2) is 11.5 Å². The molecule has 1 aliphatic rings. The number of carbonyl (C=O) groups is 1. The molecule has 1 aromatic carbocycles. The summed E-state index contributed by atoms with van der Waals surface area (Å²) >= 11 is 5.10. The predicted molar refractivity (Wildman–Crippen MR) is 96.6 cm³/mol. The van der Waals surface area contributed by atoms with Crippen molar-refractivity contribution < 1.29 is 18.7 Å². The number of fused-ring (bicyclic) bond motifs is 1. The number of furan rings is 1. The lowest BCUT2D eigenvalue weighted by Crippen LogP contribution is -2.28. The van der Waals surface area contributed by atoms with E-state index in [1.165, 1.54) is 0 Å². The average molecular weight is 412 g/mol. The first kappa shape index (κ1) is 17.2. The number of carbonyl (C=O) groups excluding carboxylic acids is 1. The van der Waals surface area contributed by atoms with E-state index in [1.807, 2.05) is 31.2 Å². The monoisotopic (exact) mass is 411 g/mol. The number of nitrogens with one attached hydrogen (secondary N) is 1. The highest BCUT2D eigenvalue weighted by Gasteiger charge is 2.16. The van der Waals surface area contributed by atoms with Gasteiger partial charge in [-0.1, -0.05) is 15.9 Å². The van der Waals surface area contributed by atoms with Gasteiger partial charge in [0.2, 0.25) is 5.91 Å². The summed E-state index contributed by atoms with van der Waals surface area (Å²) in [6.45, 7) is 3.04. The summed E-state index contributed by atoms with van der Waals surface area (Å²) in [6.07, 6.45) is 1.60. The van der Waals surface area contributed by atoms with Gasteiger partial charge in [0, 0.05) is 10.2 Å². The SMILES string of the molecule is CC(NC(=O)CSCc1cc2c(cc1Br)OCCO2)c1ccco1. The van der Waals surface area contributed by atoms with E-state index in [-0.39, 0.29) is 11.9 Å². The molecule has 0 bridgehead atoms. The number of hydrogen-bond acceptors (Lipinski definition) is 5. The second kappa shape index (κ2) is 7.98. The highest BCUT2D eigenvalue weighted by Crippen LogP contribution is 2.36. The maximum atomic E-state index is 12.0. The first-order valence-electron chi connectivity index (χ1n) is 7.62. The molecule has 0 radical (unpaired) electrons. The average Bonchev–Trinajstić information content (AvgIpc) is 3.10. The number of thioether (sulfide) groups is 1.